The molecule has 4 rings (SSSR count). The van der Waals surface area contributed by atoms with Crippen LogP contribution in [0.3, 0.4) is 0 Å². The van der Waals surface area contributed by atoms with Crippen LogP contribution in [-0.2, 0) is 9.53 Å². The van der Waals surface area contributed by atoms with Crippen LogP contribution in [0.1, 0.15) is 12.5 Å². The SMILES string of the molecule is C=C(C)[C@H]1C(=O)N(c2ccc(OC)cc2)[C@H]1[C@H]1OCC=C1c1ccccc1. The monoisotopic (exact) mass is 361 g/mol. The van der Waals surface area contributed by atoms with Crippen LogP contribution in [0.4, 0.5) is 5.69 Å². The highest BCUT2D eigenvalue weighted by atomic mass is 16.5. The summed E-state index contributed by atoms with van der Waals surface area (Å²) < 4.78 is 11.3. The largest absolute Gasteiger partial charge is 0.497 e. The molecule has 2 aliphatic rings. The normalized spacial score (nSPS) is 24.4. The van der Waals surface area contributed by atoms with Crippen LogP contribution in [0.5, 0.6) is 5.75 Å². The van der Waals surface area contributed by atoms with Crippen molar-refractivity contribution >= 4 is 17.2 Å². The van der Waals surface area contributed by atoms with E-state index in [0.29, 0.717) is 6.61 Å². The van der Waals surface area contributed by atoms with E-state index in [1.54, 1.807) is 7.11 Å². The first-order chi connectivity index (χ1) is 13.1. The molecule has 1 amide bonds. The number of amides is 1. The molecule has 0 bridgehead atoms. The Morgan fingerprint density at radius 1 is 1.15 bits per heavy atom. The van der Waals surface area contributed by atoms with Gasteiger partial charge in [0, 0.05) is 5.69 Å². The average Bonchev–Trinajstić information content (AvgIpc) is 3.16. The van der Waals surface area contributed by atoms with Crippen molar-refractivity contribution in [3.05, 3.63) is 78.4 Å². The zero-order chi connectivity index (χ0) is 19.0. The molecule has 3 atom stereocenters. The number of benzene rings is 2. The van der Waals surface area contributed by atoms with Crippen molar-refractivity contribution in [3.8, 4) is 5.75 Å². The molecule has 138 valence electrons. The van der Waals surface area contributed by atoms with Crippen molar-refractivity contribution in [2.45, 2.75) is 19.1 Å². The van der Waals surface area contributed by atoms with E-state index < -0.39 is 0 Å². The van der Waals surface area contributed by atoms with Crippen molar-refractivity contribution in [1.82, 2.24) is 0 Å². The van der Waals surface area contributed by atoms with Gasteiger partial charge >= 0.3 is 0 Å². The van der Waals surface area contributed by atoms with E-state index in [1.165, 1.54) is 0 Å². The standard InChI is InChI=1S/C23H23NO3/c1-15(2)20-21(22-19(13-14-27-22)16-7-5-4-6-8-16)24(23(20)25)17-9-11-18(26-3)12-10-17/h4-13,20-22H,1,14H2,2-3H3/t20-,21-,22+/m1/s1. The van der Waals surface area contributed by atoms with E-state index in [1.807, 2.05) is 54.3 Å². The lowest BCUT2D eigenvalue weighted by atomic mass is 9.76. The van der Waals surface area contributed by atoms with Gasteiger partial charge in [0.1, 0.15) is 11.9 Å². The van der Waals surface area contributed by atoms with E-state index >= 15 is 0 Å². The Labute approximate surface area is 159 Å². The lowest BCUT2D eigenvalue weighted by Crippen LogP contribution is -2.66. The number of hydrogen-bond acceptors (Lipinski definition) is 3. The Morgan fingerprint density at radius 2 is 1.85 bits per heavy atom. The molecule has 0 radical (unpaired) electrons. The maximum absolute atomic E-state index is 12.9. The molecule has 0 N–H and O–H groups in total. The van der Waals surface area contributed by atoms with E-state index in [2.05, 4.69) is 24.8 Å². The first-order valence-electron chi connectivity index (χ1n) is 9.11. The fraction of sp³-hybridized carbons (Fsp3) is 0.261. The van der Waals surface area contributed by atoms with Gasteiger partial charge in [0.05, 0.1) is 25.7 Å². The average molecular weight is 361 g/mol. The molecule has 2 aromatic rings. The van der Waals surface area contributed by atoms with Gasteiger partial charge < -0.3 is 14.4 Å². The molecule has 0 aliphatic carbocycles. The van der Waals surface area contributed by atoms with Gasteiger partial charge in [0.15, 0.2) is 0 Å². The zero-order valence-corrected chi connectivity index (χ0v) is 15.6. The number of carbonyl (C=O) groups excluding carboxylic acids is 1. The van der Waals surface area contributed by atoms with E-state index in [9.17, 15) is 4.79 Å². The fourth-order valence-electron chi connectivity index (χ4n) is 4.01. The second kappa shape index (κ2) is 7.05. The Bertz CT molecular complexity index is 886. The maximum Gasteiger partial charge on any atom is 0.236 e. The minimum absolute atomic E-state index is 0.0700. The number of rotatable bonds is 5. The zero-order valence-electron chi connectivity index (χ0n) is 15.6. The van der Waals surface area contributed by atoms with Gasteiger partial charge in [-0.2, -0.15) is 0 Å². The summed E-state index contributed by atoms with van der Waals surface area (Å²) in [6.07, 6.45) is 1.94. The molecule has 2 heterocycles. The minimum Gasteiger partial charge on any atom is -0.497 e. The molecule has 4 heteroatoms. The van der Waals surface area contributed by atoms with Crippen molar-refractivity contribution in [2.75, 3.05) is 18.6 Å². The highest BCUT2D eigenvalue weighted by Crippen LogP contribution is 2.43. The molecule has 0 saturated carbocycles. The molecule has 4 nitrogen and oxygen atoms in total. The van der Waals surface area contributed by atoms with Crippen molar-refractivity contribution < 1.29 is 14.3 Å². The van der Waals surface area contributed by atoms with Crippen molar-refractivity contribution in [3.63, 3.8) is 0 Å². The molecule has 0 unspecified atom stereocenters. The third-order valence-electron chi connectivity index (χ3n) is 5.33. The van der Waals surface area contributed by atoms with Gasteiger partial charge in [-0.15, -0.1) is 0 Å². The quantitative estimate of drug-likeness (QED) is 0.595. The van der Waals surface area contributed by atoms with Crippen LogP contribution in [-0.4, -0.2) is 31.8 Å². The van der Waals surface area contributed by atoms with Crippen LogP contribution in [0.15, 0.2) is 72.8 Å². The van der Waals surface area contributed by atoms with E-state index in [-0.39, 0.29) is 24.0 Å². The summed E-state index contributed by atoms with van der Waals surface area (Å²) in [4.78, 5) is 14.8. The van der Waals surface area contributed by atoms with E-state index in [4.69, 9.17) is 9.47 Å². The third-order valence-corrected chi connectivity index (χ3v) is 5.33. The molecular weight excluding hydrogens is 338 g/mol. The van der Waals surface area contributed by atoms with Crippen molar-refractivity contribution in [2.24, 2.45) is 5.92 Å². The summed E-state index contributed by atoms with van der Waals surface area (Å²) in [7, 11) is 1.63. The number of ether oxygens (including phenoxy) is 2. The van der Waals surface area contributed by atoms with Crippen molar-refractivity contribution in [1.29, 1.82) is 0 Å². The number of nitrogens with zero attached hydrogens (tertiary/aromatic N) is 1. The molecular formula is C23H23NO3. The fourth-order valence-corrected chi connectivity index (χ4v) is 4.01. The number of β-lactam (4-membered cyclic amide) rings is 1. The maximum atomic E-state index is 12.9. The van der Waals surface area contributed by atoms with Crippen LogP contribution >= 0.6 is 0 Å². The highest BCUT2D eigenvalue weighted by Gasteiger charge is 2.54. The number of methoxy groups -OCH3 is 1. The smallest absolute Gasteiger partial charge is 0.236 e. The second-order valence-corrected chi connectivity index (χ2v) is 7.00. The predicted octanol–water partition coefficient (Wildman–Crippen LogP) is 4.09. The topological polar surface area (TPSA) is 38.8 Å². The Kier molecular flexibility index (Phi) is 4.58. The Morgan fingerprint density at radius 3 is 2.48 bits per heavy atom. The Balaban J connectivity index is 1.69. The van der Waals surface area contributed by atoms with Crippen LogP contribution in [0, 0.1) is 5.92 Å². The molecule has 1 saturated heterocycles. The van der Waals surface area contributed by atoms with Crippen LogP contribution < -0.4 is 9.64 Å². The number of carbonyl (C=O) groups is 1. The summed E-state index contributed by atoms with van der Waals surface area (Å²) in [6.45, 7) is 6.53. The highest BCUT2D eigenvalue weighted by molar-refractivity contribution is 6.05. The lowest BCUT2D eigenvalue weighted by molar-refractivity contribution is -0.130. The van der Waals surface area contributed by atoms with Crippen LogP contribution in [0.25, 0.3) is 5.57 Å². The third kappa shape index (κ3) is 2.96. The van der Waals surface area contributed by atoms with Gasteiger partial charge in [0.2, 0.25) is 5.91 Å². The minimum atomic E-state index is -0.234. The predicted molar refractivity (Wildman–Crippen MR) is 107 cm³/mol. The number of anilines is 1. The lowest BCUT2D eigenvalue weighted by Gasteiger charge is -2.50. The summed E-state index contributed by atoms with van der Waals surface area (Å²) in [5.41, 5.74) is 4.00. The summed E-state index contributed by atoms with van der Waals surface area (Å²) >= 11 is 0. The molecule has 2 aromatic carbocycles. The summed E-state index contributed by atoms with van der Waals surface area (Å²) in [5.74, 6) is 0.601. The van der Waals surface area contributed by atoms with E-state index in [0.717, 1.165) is 28.1 Å². The Hall–Kier alpha value is -2.85. The summed E-state index contributed by atoms with van der Waals surface area (Å²) in [5, 5.41) is 0. The molecule has 0 spiro atoms. The van der Waals surface area contributed by atoms with Gasteiger partial charge in [0.25, 0.3) is 0 Å². The molecule has 0 aromatic heterocycles. The molecule has 2 aliphatic heterocycles. The second-order valence-electron chi connectivity index (χ2n) is 7.00. The van der Waals surface area contributed by atoms with Gasteiger partial charge in [-0.3, -0.25) is 4.79 Å². The van der Waals surface area contributed by atoms with Crippen LogP contribution in [0.2, 0.25) is 0 Å². The first kappa shape index (κ1) is 17.6. The number of hydrogen-bond donors (Lipinski definition) is 0. The first-order valence-corrected chi connectivity index (χ1v) is 9.11. The summed E-state index contributed by atoms with van der Waals surface area (Å²) in [6, 6.07) is 17.7. The molecule has 1 fully saturated rings. The molecule has 27 heavy (non-hydrogen) atoms. The van der Waals surface area contributed by atoms with Gasteiger partial charge in [-0.05, 0) is 42.3 Å². The van der Waals surface area contributed by atoms with Gasteiger partial charge in [-0.25, -0.2) is 0 Å². The van der Waals surface area contributed by atoms with Gasteiger partial charge in [-0.1, -0.05) is 48.6 Å².